The molecular weight excluding hydrogens is 258 g/mol. The second-order valence-electron chi connectivity index (χ2n) is 3.11. The Hall–Kier alpha value is -1.28. The Morgan fingerprint density at radius 3 is 3.06 bits per heavy atom. The lowest BCUT2D eigenvalue weighted by atomic mass is 10.5. The van der Waals surface area contributed by atoms with Crippen molar-refractivity contribution in [1.29, 1.82) is 10.8 Å². The molecule has 0 aliphatic heterocycles. The van der Waals surface area contributed by atoms with E-state index in [1.165, 1.54) is 18.4 Å². The number of hydrogen-bond acceptors (Lipinski definition) is 6. The summed E-state index contributed by atoms with van der Waals surface area (Å²) in [7, 11) is 1.51. The Morgan fingerprint density at radius 2 is 2.41 bits per heavy atom. The van der Waals surface area contributed by atoms with E-state index in [0.717, 1.165) is 17.2 Å². The number of aromatic nitrogens is 1. The van der Waals surface area contributed by atoms with Gasteiger partial charge >= 0.3 is 0 Å². The normalized spacial score (nSPS) is 9.94. The van der Waals surface area contributed by atoms with Crippen LogP contribution >= 0.6 is 23.1 Å². The first-order valence-electron chi connectivity index (χ1n) is 4.86. The van der Waals surface area contributed by atoms with Gasteiger partial charge in [0.15, 0.2) is 17.0 Å². The summed E-state index contributed by atoms with van der Waals surface area (Å²) in [6.07, 6.45) is 0.629. The van der Waals surface area contributed by atoms with Gasteiger partial charge in [-0.1, -0.05) is 0 Å². The Morgan fingerprint density at radius 1 is 1.65 bits per heavy atom. The molecule has 1 aromatic rings. The molecule has 1 rings (SSSR count). The number of nitrogens with one attached hydrogen (secondary N) is 3. The predicted octanol–water partition coefficient (Wildman–Crippen LogP) is 1.70. The number of ether oxygens (including phenoxy) is 1. The van der Waals surface area contributed by atoms with E-state index >= 15 is 0 Å². The van der Waals surface area contributed by atoms with Crippen LogP contribution in [0, 0.1) is 10.8 Å². The van der Waals surface area contributed by atoms with E-state index in [1.54, 1.807) is 11.8 Å². The van der Waals surface area contributed by atoms with Gasteiger partial charge < -0.3 is 15.8 Å². The third-order valence-corrected chi connectivity index (χ3v) is 3.56. The molecule has 0 amide bonds. The molecule has 0 saturated heterocycles. The molecule has 0 aliphatic carbocycles. The van der Waals surface area contributed by atoms with Crippen LogP contribution in [0.5, 0.6) is 0 Å². The van der Waals surface area contributed by atoms with Gasteiger partial charge in [0.05, 0.1) is 12.8 Å². The highest BCUT2D eigenvalue weighted by molar-refractivity contribution is 7.98. The summed E-state index contributed by atoms with van der Waals surface area (Å²) in [5.41, 5.74) is 6.15. The number of nitrogens with zero attached hydrogens (tertiary/aromatic N) is 1. The van der Waals surface area contributed by atoms with Crippen molar-refractivity contribution in [3.63, 3.8) is 0 Å². The van der Waals surface area contributed by atoms with E-state index in [1.807, 2.05) is 5.38 Å². The second-order valence-corrected chi connectivity index (χ2v) is 5.08. The maximum Gasteiger partial charge on any atom is 0.192 e. The Bertz CT molecular complexity index is 392. The summed E-state index contributed by atoms with van der Waals surface area (Å²) >= 11 is 3.12. The smallest absolute Gasteiger partial charge is 0.192 e. The lowest BCUT2D eigenvalue weighted by Gasteiger charge is -2.01. The lowest BCUT2D eigenvalue weighted by Crippen LogP contribution is -2.20. The molecular formula is C9H15N5OS2. The Labute approximate surface area is 108 Å². The molecule has 0 radical (unpaired) electrons. The average molecular weight is 273 g/mol. The molecule has 0 aliphatic rings. The molecule has 0 unspecified atom stereocenters. The van der Waals surface area contributed by atoms with Gasteiger partial charge in [-0.2, -0.15) is 11.8 Å². The minimum absolute atomic E-state index is 0.105. The maximum atomic E-state index is 7.30. The van der Waals surface area contributed by atoms with Crippen LogP contribution in [0.15, 0.2) is 5.38 Å². The van der Waals surface area contributed by atoms with Gasteiger partial charge in [0.1, 0.15) is 0 Å². The molecule has 1 aromatic heterocycles. The summed E-state index contributed by atoms with van der Waals surface area (Å²) in [5.74, 6) is 1.81. The molecule has 1 heterocycles. The first kappa shape index (κ1) is 13.8. The minimum Gasteiger partial charge on any atom is -0.484 e. The monoisotopic (exact) mass is 273 g/mol. The summed E-state index contributed by atoms with van der Waals surface area (Å²) in [4.78, 5) is 4.27. The van der Waals surface area contributed by atoms with Gasteiger partial charge in [-0.15, -0.1) is 11.3 Å². The number of methoxy groups -OCH3 is 1. The summed E-state index contributed by atoms with van der Waals surface area (Å²) < 4.78 is 4.76. The van der Waals surface area contributed by atoms with Crippen molar-refractivity contribution in [2.75, 3.05) is 18.2 Å². The summed E-state index contributed by atoms with van der Waals surface area (Å²) in [6.45, 7) is 0. The average Bonchev–Trinajstić information content (AvgIpc) is 2.70. The fourth-order valence-electron chi connectivity index (χ4n) is 0.990. The van der Waals surface area contributed by atoms with E-state index in [4.69, 9.17) is 21.3 Å². The van der Waals surface area contributed by atoms with Gasteiger partial charge in [-0.05, 0) is 0 Å². The van der Waals surface area contributed by atoms with Crippen molar-refractivity contribution < 1.29 is 4.74 Å². The molecule has 94 valence electrons. The van der Waals surface area contributed by atoms with E-state index in [0.29, 0.717) is 17.5 Å². The van der Waals surface area contributed by atoms with Crippen LogP contribution in [0.1, 0.15) is 12.1 Å². The van der Waals surface area contributed by atoms with E-state index < -0.39 is 0 Å². The lowest BCUT2D eigenvalue weighted by molar-refractivity contribution is 0.389. The molecule has 6 nitrogen and oxygen atoms in total. The first-order valence-corrected chi connectivity index (χ1v) is 6.90. The summed E-state index contributed by atoms with van der Waals surface area (Å²) in [5, 5.41) is 19.6. The zero-order valence-corrected chi connectivity index (χ0v) is 11.1. The zero-order chi connectivity index (χ0) is 12.7. The van der Waals surface area contributed by atoms with Crippen LogP contribution < -0.4 is 11.1 Å². The molecule has 0 spiro atoms. The fraction of sp³-hybridized carbons (Fsp3) is 0.444. The highest BCUT2D eigenvalue weighted by Crippen LogP contribution is 2.19. The second kappa shape index (κ2) is 7.13. The topological polar surface area (TPSA) is 108 Å². The van der Waals surface area contributed by atoms with E-state index in [9.17, 15) is 0 Å². The molecule has 0 aromatic carbocycles. The molecule has 0 saturated carbocycles. The molecule has 8 heteroatoms. The van der Waals surface area contributed by atoms with Crippen LogP contribution in [0.25, 0.3) is 0 Å². The Balaban J connectivity index is 2.25. The first-order chi connectivity index (χ1) is 8.11. The van der Waals surface area contributed by atoms with Gasteiger partial charge in [-0.3, -0.25) is 10.8 Å². The standard InChI is InChI=1S/C9H15N5OS2/c1-15-7(10)2-3-16-4-6-5-17-9(13-6)14-8(11)12/h5,10H,2-4H2,1H3,(H4,11,12,13,14). The number of guanidine groups is 1. The van der Waals surface area contributed by atoms with Crippen LogP contribution in [-0.4, -0.2) is 29.7 Å². The molecule has 0 fully saturated rings. The third kappa shape index (κ3) is 5.55. The van der Waals surface area contributed by atoms with Crippen molar-refractivity contribution in [3.05, 3.63) is 11.1 Å². The number of hydrogen-bond donors (Lipinski definition) is 4. The van der Waals surface area contributed by atoms with Crippen LogP contribution in [0.2, 0.25) is 0 Å². The maximum absolute atomic E-state index is 7.30. The van der Waals surface area contributed by atoms with Gasteiger partial charge in [0, 0.05) is 23.3 Å². The highest BCUT2D eigenvalue weighted by atomic mass is 32.2. The van der Waals surface area contributed by atoms with Gasteiger partial charge in [-0.25, -0.2) is 4.98 Å². The quantitative estimate of drug-likeness (QED) is 0.358. The molecule has 0 bridgehead atoms. The van der Waals surface area contributed by atoms with Crippen LogP contribution in [0.3, 0.4) is 0 Å². The van der Waals surface area contributed by atoms with E-state index in [-0.39, 0.29) is 5.96 Å². The third-order valence-electron chi connectivity index (χ3n) is 1.76. The highest BCUT2D eigenvalue weighted by Gasteiger charge is 2.03. The fourth-order valence-corrected chi connectivity index (χ4v) is 2.65. The van der Waals surface area contributed by atoms with Crippen molar-refractivity contribution in [2.24, 2.45) is 5.73 Å². The SMILES string of the molecule is COC(=N)CCSCc1csc(NC(=N)N)n1. The van der Waals surface area contributed by atoms with E-state index in [2.05, 4.69) is 10.3 Å². The van der Waals surface area contributed by atoms with Crippen molar-refractivity contribution in [3.8, 4) is 0 Å². The zero-order valence-electron chi connectivity index (χ0n) is 9.45. The van der Waals surface area contributed by atoms with Crippen molar-refractivity contribution in [2.45, 2.75) is 12.2 Å². The number of nitrogens with two attached hydrogens (primary N) is 1. The summed E-state index contributed by atoms with van der Waals surface area (Å²) in [6, 6.07) is 0. The molecule has 0 atom stereocenters. The van der Waals surface area contributed by atoms with Gasteiger partial charge in [0.25, 0.3) is 0 Å². The molecule has 17 heavy (non-hydrogen) atoms. The molecule has 5 N–H and O–H groups in total. The van der Waals surface area contributed by atoms with Crippen molar-refractivity contribution in [1.82, 2.24) is 4.98 Å². The number of thiazole rings is 1. The number of thioether (sulfide) groups is 1. The largest absolute Gasteiger partial charge is 0.484 e. The predicted molar refractivity (Wildman–Crippen MR) is 73.2 cm³/mol. The van der Waals surface area contributed by atoms with Gasteiger partial charge in [0.2, 0.25) is 0 Å². The number of anilines is 1. The Kier molecular flexibility index (Phi) is 5.78. The van der Waals surface area contributed by atoms with Crippen LogP contribution in [0.4, 0.5) is 5.13 Å². The minimum atomic E-state index is -0.105. The number of rotatable bonds is 6. The van der Waals surface area contributed by atoms with Crippen molar-refractivity contribution >= 4 is 40.1 Å². The van der Waals surface area contributed by atoms with Crippen LogP contribution in [-0.2, 0) is 10.5 Å².